The summed E-state index contributed by atoms with van der Waals surface area (Å²) in [6, 6.07) is 2.53. The van der Waals surface area contributed by atoms with Crippen molar-refractivity contribution >= 4 is 5.78 Å². The molecule has 1 heterocycles. The Morgan fingerprint density at radius 2 is 2.21 bits per heavy atom. The van der Waals surface area contributed by atoms with Crippen LogP contribution in [-0.2, 0) is 11.2 Å². The van der Waals surface area contributed by atoms with Crippen molar-refractivity contribution in [3.8, 4) is 0 Å². The first-order chi connectivity index (χ1) is 9.20. The second-order valence-electron chi connectivity index (χ2n) is 5.70. The molecule has 4 heteroatoms. The number of Topliss-reactive ketones (excluding diaryl/α,β-unsaturated/α-hetero) is 1. The van der Waals surface area contributed by atoms with E-state index < -0.39 is 0 Å². The van der Waals surface area contributed by atoms with Crippen LogP contribution in [0.4, 0.5) is 0 Å². The van der Waals surface area contributed by atoms with Crippen molar-refractivity contribution in [2.24, 2.45) is 11.7 Å². The lowest BCUT2D eigenvalue weighted by Gasteiger charge is -2.21. The maximum Gasteiger partial charge on any atom is 0.141 e. The molecule has 1 unspecified atom stereocenters. The summed E-state index contributed by atoms with van der Waals surface area (Å²) in [6.07, 6.45) is 9.63. The number of carbonyl (C=O) groups excluding carboxylic acids is 1. The van der Waals surface area contributed by atoms with Crippen molar-refractivity contribution in [1.82, 2.24) is 9.78 Å². The van der Waals surface area contributed by atoms with Crippen LogP contribution < -0.4 is 5.73 Å². The zero-order valence-electron chi connectivity index (χ0n) is 11.8. The van der Waals surface area contributed by atoms with Gasteiger partial charge in [-0.25, -0.2) is 0 Å². The van der Waals surface area contributed by atoms with Crippen LogP contribution in [0.25, 0.3) is 0 Å². The van der Waals surface area contributed by atoms with Crippen molar-refractivity contribution in [2.45, 2.75) is 57.9 Å². The van der Waals surface area contributed by atoms with Gasteiger partial charge in [0, 0.05) is 12.1 Å². The molecule has 19 heavy (non-hydrogen) atoms. The van der Waals surface area contributed by atoms with Gasteiger partial charge >= 0.3 is 0 Å². The Morgan fingerprint density at radius 3 is 2.89 bits per heavy atom. The van der Waals surface area contributed by atoms with Crippen LogP contribution in [-0.4, -0.2) is 22.1 Å². The lowest BCUT2D eigenvalue weighted by atomic mass is 9.96. The monoisotopic (exact) mass is 263 g/mol. The second-order valence-corrected chi connectivity index (χ2v) is 5.70. The number of hydrogen-bond acceptors (Lipinski definition) is 3. The number of hydrogen-bond donors (Lipinski definition) is 1. The van der Waals surface area contributed by atoms with Gasteiger partial charge in [-0.2, -0.15) is 5.10 Å². The van der Waals surface area contributed by atoms with E-state index in [0.29, 0.717) is 19.0 Å². The minimum absolute atomic E-state index is 0.0461. The van der Waals surface area contributed by atoms with E-state index in [9.17, 15) is 4.79 Å². The molecule has 106 valence electrons. The number of rotatable bonds is 6. The molecule has 0 amide bonds. The molecule has 1 aromatic heterocycles. The van der Waals surface area contributed by atoms with Crippen LogP contribution >= 0.6 is 0 Å². The largest absolute Gasteiger partial charge is 0.330 e. The number of ketones is 1. The summed E-state index contributed by atoms with van der Waals surface area (Å²) in [5.41, 5.74) is 6.39. The minimum Gasteiger partial charge on any atom is -0.330 e. The van der Waals surface area contributed by atoms with E-state index in [1.165, 1.54) is 32.1 Å². The Bertz CT molecular complexity index is 407. The lowest BCUT2D eigenvalue weighted by Crippen LogP contribution is -2.18. The van der Waals surface area contributed by atoms with Crippen LogP contribution in [0.1, 0.15) is 57.2 Å². The molecule has 1 saturated carbocycles. The first kappa shape index (κ1) is 14.3. The molecule has 0 saturated heterocycles. The van der Waals surface area contributed by atoms with Crippen LogP contribution in [0.2, 0.25) is 0 Å². The van der Waals surface area contributed by atoms with E-state index in [4.69, 9.17) is 5.73 Å². The zero-order valence-corrected chi connectivity index (χ0v) is 11.8. The Hall–Kier alpha value is -1.16. The fourth-order valence-electron chi connectivity index (χ4n) is 2.78. The molecule has 0 radical (unpaired) electrons. The quantitative estimate of drug-likeness (QED) is 0.857. The van der Waals surface area contributed by atoms with Gasteiger partial charge in [0.1, 0.15) is 5.78 Å². The summed E-state index contributed by atoms with van der Waals surface area (Å²) in [5, 5.41) is 4.58. The molecule has 1 aliphatic carbocycles. The first-order valence-corrected chi connectivity index (χ1v) is 7.47. The molecule has 1 aliphatic rings. The highest BCUT2D eigenvalue weighted by Crippen LogP contribution is 2.27. The van der Waals surface area contributed by atoms with Gasteiger partial charge in [0.05, 0.1) is 18.2 Å². The van der Waals surface area contributed by atoms with Gasteiger partial charge in [-0.05, 0) is 31.9 Å². The van der Waals surface area contributed by atoms with E-state index >= 15 is 0 Å². The second kappa shape index (κ2) is 6.85. The van der Waals surface area contributed by atoms with Crippen molar-refractivity contribution < 1.29 is 4.79 Å². The predicted molar refractivity (Wildman–Crippen MR) is 75.9 cm³/mol. The Kier molecular flexibility index (Phi) is 5.14. The van der Waals surface area contributed by atoms with E-state index in [1.54, 1.807) is 0 Å². The molecular formula is C15H25N3O. The summed E-state index contributed by atoms with van der Waals surface area (Å²) in [4.78, 5) is 12.0. The SMILES string of the molecule is CC(CCN)C(=O)Cc1ccn(C2CCCCC2)n1. The third-order valence-electron chi connectivity index (χ3n) is 4.12. The van der Waals surface area contributed by atoms with E-state index in [2.05, 4.69) is 9.78 Å². The number of nitrogens with zero attached hydrogens (tertiary/aromatic N) is 2. The highest BCUT2D eigenvalue weighted by Gasteiger charge is 2.18. The van der Waals surface area contributed by atoms with E-state index in [0.717, 1.165) is 12.1 Å². The van der Waals surface area contributed by atoms with Crippen molar-refractivity contribution in [2.75, 3.05) is 6.54 Å². The maximum atomic E-state index is 12.0. The van der Waals surface area contributed by atoms with Crippen molar-refractivity contribution in [3.05, 3.63) is 18.0 Å². The van der Waals surface area contributed by atoms with Gasteiger partial charge in [0.2, 0.25) is 0 Å². The summed E-state index contributed by atoms with van der Waals surface area (Å²) in [5.74, 6) is 0.296. The molecule has 1 aromatic rings. The Balaban J connectivity index is 1.91. The van der Waals surface area contributed by atoms with Crippen LogP contribution in [0.15, 0.2) is 12.3 Å². The molecule has 4 nitrogen and oxygen atoms in total. The smallest absolute Gasteiger partial charge is 0.141 e. The van der Waals surface area contributed by atoms with Gasteiger partial charge in [-0.3, -0.25) is 9.48 Å². The normalized spacial score (nSPS) is 18.4. The molecule has 0 aliphatic heterocycles. The molecule has 1 atom stereocenters. The first-order valence-electron chi connectivity index (χ1n) is 7.47. The van der Waals surface area contributed by atoms with Crippen LogP contribution in [0.5, 0.6) is 0 Å². The van der Waals surface area contributed by atoms with Crippen LogP contribution in [0.3, 0.4) is 0 Å². The van der Waals surface area contributed by atoms with Gasteiger partial charge in [-0.15, -0.1) is 0 Å². The molecule has 2 rings (SSSR count). The molecule has 1 fully saturated rings. The van der Waals surface area contributed by atoms with Gasteiger partial charge in [0.15, 0.2) is 0 Å². The summed E-state index contributed by atoms with van der Waals surface area (Å²) in [7, 11) is 0. The van der Waals surface area contributed by atoms with Crippen LogP contribution in [0, 0.1) is 5.92 Å². The topological polar surface area (TPSA) is 60.9 Å². The molecule has 0 spiro atoms. The summed E-state index contributed by atoms with van der Waals surface area (Å²) in [6.45, 7) is 2.52. The fraction of sp³-hybridized carbons (Fsp3) is 0.733. The number of nitrogens with two attached hydrogens (primary N) is 1. The van der Waals surface area contributed by atoms with Crippen molar-refractivity contribution in [3.63, 3.8) is 0 Å². The minimum atomic E-state index is 0.0461. The lowest BCUT2D eigenvalue weighted by molar-refractivity contribution is -0.121. The Labute approximate surface area is 115 Å². The number of aromatic nitrogens is 2. The third-order valence-corrected chi connectivity index (χ3v) is 4.12. The summed E-state index contributed by atoms with van der Waals surface area (Å²) < 4.78 is 2.06. The fourth-order valence-corrected chi connectivity index (χ4v) is 2.78. The summed E-state index contributed by atoms with van der Waals surface area (Å²) >= 11 is 0. The maximum absolute atomic E-state index is 12.0. The highest BCUT2D eigenvalue weighted by molar-refractivity contribution is 5.82. The molecule has 2 N–H and O–H groups in total. The average Bonchev–Trinajstić information content (AvgIpc) is 2.88. The molecule has 0 aromatic carbocycles. The predicted octanol–water partition coefficient (Wildman–Crippen LogP) is 2.48. The highest BCUT2D eigenvalue weighted by atomic mass is 16.1. The van der Waals surface area contributed by atoms with Gasteiger partial charge < -0.3 is 5.73 Å². The standard InChI is InChI=1S/C15H25N3O/c1-12(7-9-16)15(19)11-13-8-10-18(17-13)14-5-3-2-4-6-14/h8,10,12,14H,2-7,9,11,16H2,1H3. The van der Waals surface area contributed by atoms with Crippen molar-refractivity contribution in [1.29, 1.82) is 0 Å². The average molecular weight is 263 g/mol. The Morgan fingerprint density at radius 1 is 1.47 bits per heavy atom. The number of carbonyl (C=O) groups is 1. The van der Waals surface area contributed by atoms with Gasteiger partial charge in [0.25, 0.3) is 0 Å². The van der Waals surface area contributed by atoms with E-state index in [-0.39, 0.29) is 11.7 Å². The molecular weight excluding hydrogens is 238 g/mol. The van der Waals surface area contributed by atoms with Gasteiger partial charge in [-0.1, -0.05) is 26.2 Å². The third kappa shape index (κ3) is 3.90. The van der Waals surface area contributed by atoms with E-state index in [1.807, 2.05) is 19.2 Å². The molecule has 0 bridgehead atoms. The zero-order chi connectivity index (χ0) is 13.7.